The lowest BCUT2D eigenvalue weighted by Crippen LogP contribution is -2.06. The third kappa shape index (κ3) is 5.95. The van der Waals surface area contributed by atoms with Crippen molar-refractivity contribution in [2.24, 2.45) is 0 Å². The van der Waals surface area contributed by atoms with Crippen LogP contribution < -0.4 is 0 Å². The monoisotopic (exact) mass is 264 g/mol. The van der Waals surface area contributed by atoms with E-state index in [2.05, 4.69) is 6.92 Å². The van der Waals surface area contributed by atoms with E-state index in [9.17, 15) is 4.79 Å². The molecule has 0 radical (unpaired) electrons. The molecule has 0 aliphatic rings. The summed E-state index contributed by atoms with van der Waals surface area (Å²) in [5, 5.41) is 18.2. The van der Waals surface area contributed by atoms with Crippen molar-refractivity contribution in [1.82, 2.24) is 0 Å². The van der Waals surface area contributed by atoms with E-state index in [0.29, 0.717) is 12.2 Å². The molecular formula is C15H20O4. The predicted molar refractivity (Wildman–Crippen MR) is 73.8 cm³/mol. The van der Waals surface area contributed by atoms with Crippen LogP contribution >= 0.6 is 0 Å². The molecule has 2 N–H and O–H groups in total. The molecule has 0 bridgehead atoms. The second-order valence-corrected chi connectivity index (χ2v) is 4.31. The highest BCUT2D eigenvalue weighted by molar-refractivity contribution is 5.89. The van der Waals surface area contributed by atoms with E-state index in [-0.39, 0.29) is 11.5 Å². The van der Waals surface area contributed by atoms with Crippen molar-refractivity contribution in [2.75, 3.05) is 6.61 Å². The molecule has 1 aromatic rings. The van der Waals surface area contributed by atoms with Gasteiger partial charge in [0.2, 0.25) is 5.76 Å². The molecule has 0 amide bonds. The van der Waals surface area contributed by atoms with Gasteiger partial charge in [-0.3, -0.25) is 0 Å². The zero-order valence-corrected chi connectivity index (χ0v) is 11.1. The van der Waals surface area contributed by atoms with E-state index >= 15 is 0 Å². The van der Waals surface area contributed by atoms with Gasteiger partial charge in [-0.2, -0.15) is 0 Å². The molecule has 0 fully saturated rings. The summed E-state index contributed by atoms with van der Waals surface area (Å²) in [6.45, 7) is 2.53. The Balaban J connectivity index is 2.56. The first-order valence-electron chi connectivity index (χ1n) is 6.50. The summed E-state index contributed by atoms with van der Waals surface area (Å²) in [6.07, 6.45) is 5.63. The standard InChI is InChI=1S/C15H20O4/c1-2-3-4-5-10-19-14(15(17)18)11-12-6-8-13(16)9-7-12/h6-9,11,16H,2-5,10H2,1H3,(H,17,18). The number of ether oxygens (including phenoxy) is 1. The van der Waals surface area contributed by atoms with Crippen LogP contribution in [-0.4, -0.2) is 22.8 Å². The second-order valence-electron chi connectivity index (χ2n) is 4.31. The largest absolute Gasteiger partial charge is 0.508 e. The third-order valence-electron chi connectivity index (χ3n) is 2.66. The molecule has 0 saturated heterocycles. The Kier molecular flexibility index (Phi) is 6.50. The van der Waals surface area contributed by atoms with Gasteiger partial charge in [0.1, 0.15) is 5.75 Å². The van der Waals surface area contributed by atoms with Crippen LogP contribution in [0.3, 0.4) is 0 Å². The minimum absolute atomic E-state index is 0.0674. The number of aromatic hydroxyl groups is 1. The van der Waals surface area contributed by atoms with Gasteiger partial charge in [0, 0.05) is 0 Å². The maximum absolute atomic E-state index is 11.0. The fourth-order valence-electron chi connectivity index (χ4n) is 1.60. The number of benzene rings is 1. The number of unbranched alkanes of at least 4 members (excludes halogenated alkanes) is 3. The first-order chi connectivity index (χ1) is 9.13. The van der Waals surface area contributed by atoms with Crippen molar-refractivity contribution in [2.45, 2.75) is 32.6 Å². The third-order valence-corrected chi connectivity index (χ3v) is 2.66. The van der Waals surface area contributed by atoms with Gasteiger partial charge in [0.15, 0.2) is 0 Å². The molecule has 0 unspecified atom stereocenters. The molecule has 0 aliphatic heterocycles. The lowest BCUT2D eigenvalue weighted by Gasteiger charge is -2.06. The lowest BCUT2D eigenvalue weighted by atomic mass is 10.2. The van der Waals surface area contributed by atoms with Crippen LogP contribution in [0.15, 0.2) is 30.0 Å². The molecule has 19 heavy (non-hydrogen) atoms. The molecule has 0 heterocycles. The first kappa shape index (κ1) is 15.1. The average molecular weight is 264 g/mol. The molecule has 4 nitrogen and oxygen atoms in total. The van der Waals surface area contributed by atoms with Crippen molar-refractivity contribution >= 4 is 12.0 Å². The highest BCUT2D eigenvalue weighted by atomic mass is 16.5. The molecule has 104 valence electrons. The molecule has 0 saturated carbocycles. The van der Waals surface area contributed by atoms with E-state index in [4.69, 9.17) is 14.9 Å². The van der Waals surface area contributed by atoms with Gasteiger partial charge in [0.05, 0.1) is 6.61 Å². The van der Waals surface area contributed by atoms with Crippen LogP contribution in [0.5, 0.6) is 5.75 Å². The lowest BCUT2D eigenvalue weighted by molar-refractivity contribution is -0.136. The molecule has 0 aromatic heterocycles. The van der Waals surface area contributed by atoms with Crippen LogP contribution in [0.1, 0.15) is 38.2 Å². The maximum atomic E-state index is 11.0. The normalized spacial score (nSPS) is 11.3. The molecule has 0 aliphatic carbocycles. The Bertz CT molecular complexity index is 420. The summed E-state index contributed by atoms with van der Waals surface area (Å²) in [7, 11) is 0. The minimum Gasteiger partial charge on any atom is -0.508 e. The minimum atomic E-state index is -1.08. The first-order valence-corrected chi connectivity index (χ1v) is 6.50. The fourth-order valence-corrected chi connectivity index (χ4v) is 1.60. The topological polar surface area (TPSA) is 66.8 Å². The summed E-state index contributed by atoms with van der Waals surface area (Å²) in [5.41, 5.74) is 0.684. The van der Waals surface area contributed by atoms with Crippen LogP contribution in [-0.2, 0) is 9.53 Å². The Morgan fingerprint density at radius 1 is 1.21 bits per heavy atom. The number of hydrogen-bond donors (Lipinski definition) is 2. The van der Waals surface area contributed by atoms with Gasteiger partial charge in [-0.1, -0.05) is 38.3 Å². The van der Waals surface area contributed by atoms with Crippen molar-refractivity contribution in [3.63, 3.8) is 0 Å². The summed E-state index contributed by atoms with van der Waals surface area (Å²) >= 11 is 0. The van der Waals surface area contributed by atoms with Gasteiger partial charge in [-0.15, -0.1) is 0 Å². The van der Waals surface area contributed by atoms with E-state index in [0.717, 1.165) is 25.7 Å². The molecule has 4 heteroatoms. The number of carbonyl (C=O) groups is 1. The molecule has 0 atom stereocenters. The second kappa shape index (κ2) is 8.19. The Hall–Kier alpha value is -1.97. The van der Waals surface area contributed by atoms with E-state index in [1.807, 2.05) is 0 Å². The molecular weight excluding hydrogens is 244 g/mol. The highest BCUT2D eigenvalue weighted by Gasteiger charge is 2.08. The number of rotatable bonds is 8. The predicted octanol–water partition coefficient (Wildman–Crippen LogP) is 3.41. The number of aliphatic carboxylic acids is 1. The molecule has 0 spiro atoms. The Labute approximate surface area is 113 Å². The van der Waals surface area contributed by atoms with Crippen LogP contribution in [0.2, 0.25) is 0 Å². The summed E-state index contributed by atoms with van der Waals surface area (Å²) in [6, 6.07) is 6.29. The molecule has 1 aromatic carbocycles. The van der Waals surface area contributed by atoms with Crippen molar-refractivity contribution in [3.8, 4) is 5.75 Å². The zero-order valence-electron chi connectivity index (χ0n) is 11.1. The van der Waals surface area contributed by atoms with Gasteiger partial charge in [-0.25, -0.2) is 4.79 Å². The number of carboxylic acids is 1. The van der Waals surface area contributed by atoms with Crippen LogP contribution in [0, 0.1) is 0 Å². The Morgan fingerprint density at radius 2 is 1.89 bits per heavy atom. The zero-order chi connectivity index (χ0) is 14.1. The van der Waals surface area contributed by atoms with Crippen molar-refractivity contribution in [1.29, 1.82) is 0 Å². The van der Waals surface area contributed by atoms with E-state index < -0.39 is 5.97 Å². The van der Waals surface area contributed by atoms with Gasteiger partial charge >= 0.3 is 5.97 Å². The maximum Gasteiger partial charge on any atom is 0.371 e. The number of phenolic OH excluding ortho intramolecular Hbond substituents is 1. The number of carboxylic acid groups (broad SMARTS) is 1. The summed E-state index contributed by atoms with van der Waals surface area (Å²) < 4.78 is 5.28. The van der Waals surface area contributed by atoms with E-state index in [1.165, 1.54) is 18.2 Å². The quantitative estimate of drug-likeness (QED) is 0.429. The van der Waals surface area contributed by atoms with Crippen molar-refractivity contribution < 1.29 is 19.7 Å². The average Bonchev–Trinajstić information content (AvgIpc) is 2.39. The van der Waals surface area contributed by atoms with E-state index in [1.54, 1.807) is 12.1 Å². The summed E-state index contributed by atoms with van der Waals surface area (Å²) in [5.74, 6) is -1.000. The number of phenols is 1. The smallest absolute Gasteiger partial charge is 0.371 e. The van der Waals surface area contributed by atoms with Crippen LogP contribution in [0.25, 0.3) is 6.08 Å². The SMILES string of the molecule is CCCCCCOC(=Cc1ccc(O)cc1)C(=O)O. The van der Waals surface area contributed by atoms with Gasteiger partial charge in [-0.05, 0) is 30.2 Å². The molecule has 1 rings (SSSR count). The van der Waals surface area contributed by atoms with Crippen molar-refractivity contribution in [3.05, 3.63) is 35.6 Å². The highest BCUT2D eigenvalue weighted by Crippen LogP contribution is 2.14. The Morgan fingerprint density at radius 3 is 2.47 bits per heavy atom. The van der Waals surface area contributed by atoms with Gasteiger partial charge in [0.25, 0.3) is 0 Å². The number of hydrogen-bond acceptors (Lipinski definition) is 3. The van der Waals surface area contributed by atoms with Gasteiger partial charge < -0.3 is 14.9 Å². The fraction of sp³-hybridized carbons (Fsp3) is 0.400. The van der Waals surface area contributed by atoms with Crippen LogP contribution in [0.4, 0.5) is 0 Å². The summed E-state index contributed by atoms with van der Waals surface area (Å²) in [4.78, 5) is 11.0.